The summed E-state index contributed by atoms with van der Waals surface area (Å²) in [5, 5.41) is 7.88. The third-order valence-corrected chi connectivity index (χ3v) is 2.95. The van der Waals surface area contributed by atoms with E-state index in [-0.39, 0.29) is 0 Å². The van der Waals surface area contributed by atoms with Crippen LogP contribution in [0.1, 0.15) is 6.42 Å². The average Bonchev–Trinajstić information content (AvgIpc) is 2.48. The highest BCUT2D eigenvalue weighted by atomic mass is 35.5. The Hall–Kier alpha value is -2.01. The molecule has 2 N–H and O–H groups in total. The number of ether oxygens (including phenoxy) is 2. The number of methoxy groups -OCH3 is 1. The molecule has 2 aromatic rings. The number of hydrogen-bond donors (Lipinski definition) is 1. The number of benzene rings is 1. The van der Waals surface area contributed by atoms with Gasteiger partial charge in [0, 0.05) is 11.4 Å². The van der Waals surface area contributed by atoms with Crippen LogP contribution in [0, 0.1) is 0 Å². The van der Waals surface area contributed by atoms with Gasteiger partial charge in [0.2, 0.25) is 0 Å². The summed E-state index contributed by atoms with van der Waals surface area (Å²) in [5.41, 5.74) is 7.14. The molecule has 0 saturated heterocycles. The first-order valence-electron chi connectivity index (χ1n) is 6.21. The number of hydrogen-bond acceptors (Lipinski definition) is 5. The van der Waals surface area contributed by atoms with Gasteiger partial charge in [0.1, 0.15) is 5.82 Å². The first-order valence-corrected chi connectivity index (χ1v) is 6.74. The molecule has 0 aliphatic heterocycles. The Balaban J connectivity index is 2.22. The molecule has 5 nitrogen and oxygen atoms in total. The number of nitrogens with zero attached hydrogens (tertiary/aromatic N) is 2. The SMILES string of the molecule is COc1cc(-c2ccc(N)nn2)ccc1OCCCCl. The van der Waals surface area contributed by atoms with Crippen LogP contribution < -0.4 is 15.2 Å². The molecule has 1 heterocycles. The van der Waals surface area contributed by atoms with Gasteiger partial charge in [-0.15, -0.1) is 21.8 Å². The van der Waals surface area contributed by atoms with Crippen LogP contribution in [0.3, 0.4) is 0 Å². The Morgan fingerprint density at radius 3 is 2.65 bits per heavy atom. The van der Waals surface area contributed by atoms with Gasteiger partial charge < -0.3 is 15.2 Å². The van der Waals surface area contributed by atoms with Crippen molar-refractivity contribution in [1.82, 2.24) is 10.2 Å². The predicted molar refractivity (Wildman–Crippen MR) is 79.3 cm³/mol. The first-order chi connectivity index (χ1) is 9.74. The lowest BCUT2D eigenvalue weighted by atomic mass is 10.1. The molecule has 0 radical (unpaired) electrons. The normalized spacial score (nSPS) is 10.3. The second-order valence-electron chi connectivity index (χ2n) is 4.10. The lowest BCUT2D eigenvalue weighted by Crippen LogP contribution is -2.00. The average molecular weight is 294 g/mol. The third-order valence-electron chi connectivity index (χ3n) is 2.68. The van der Waals surface area contributed by atoms with Crippen molar-refractivity contribution < 1.29 is 9.47 Å². The fourth-order valence-electron chi connectivity index (χ4n) is 1.68. The Morgan fingerprint density at radius 1 is 1.15 bits per heavy atom. The third kappa shape index (κ3) is 3.51. The zero-order valence-electron chi connectivity index (χ0n) is 11.2. The first kappa shape index (κ1) is 14.4. The maximum Gasteiger partial charge on any atom is 0.161 e. The lowest BCUT2D eigenvalue weighted by Gasteiger charge is -2.11. The summed E-state index contributed by atoms with van der Waals surface area (Å²) in [4.78, 5) is 0. The maximum atomic E-state index is 5.62. The smallest absolute Gasteiger partial charge is 0.161 e. The van der Waals surface area contributed by atoms with Crippen LogP contribution in [0.5, 0.6) is 11.5 Å². The molecule has 20 heavy (non-hydrogen) atoms. The summed E-state index contributed by atoms with van der Waals surface area (Å²) < 4.78 is 10.9. The van der Waals surface area contributed by atoms with E-state index in [1.165, 1.54) is 0 Å². The number of rotatable bonds is 6. The number of anilines is 1. The van der Waals surface area contributed by atoms with Crippen LogP contribution in [0.4, 0.5) is 5.82 Å². The van der Waals surface area contributed by atoms with Gasteiger partial charge in [0.25, 0.3) is 0 Å². The second kappa shape index (κ2) is 6.96. The van der Waals surface area contributed by atoms with Crippen LogP contribution >= 0.6 is 11.6 Å². The van der Waals surface area contributed by atoms with E-state index in [0.717, 1.165) is 17.7 Å². The molecule has 0 spiro atoms. The van der Waals surface area contributed by atoms with Crippen LogP contribution in [0.25, 0.3) is 11.3 Å². The zero-order valence-corrected chi connectivity index (χ0v) is 11.9. The van der Waals surface area contributed by atoms with E-state index < -0.39 is 0 Å². The van der Waals surface area contributed by atoms with E-state index in [0.29, 0.717) is 29.8 Å². The van der Waals surface area contributed by atoms with Gasteiger partial charge in [-0.05, 0) is 36.8 Å². The van der Waals surface area contributed by atoms with E-state index in [1.54, 1.807) is 13.2 Å². The molecule has 0 saturated carbocycles. The Kier molecular flexibility index (Phi) is 5.01. The summed E-state index contributed by atoms with van der Waals surface area (Å²) in [6.45, 7) is 0.556. The topological polar surface area (TPSA) is 70.3 Å². The number of alkyl halides is 1. The molecule has 0 bridgehead atoms. The Labute approximate surface area is 122 Å². The molecule has 2 rings (SSSR count). The molecular weight excluding hydrogens is 278 g/mol. The molecule has 0 aliphatic rings. The van der Waals surface area contributed by atoms with Crippen LogP contribution in [-0.2, 0) is 0 Å². The fourth-order valence-corrected chi connectivity index (χ4v) is 1.79. The quantitative estimate of drug-likeness (QED) is 0.655. The highest BCUT2D eigenvalue weighted by Gasteiger charge is 2.08. The van der Waals surface area contributed by atoms with Crippen molar-refractivity contribution in [2.24, 2.45) is 0 Å². The minimum absolute atomic E-state index is 0.391. The number of aromatic nitrogens is 2. The largest absolute Gasteiger partial charge is 0.493 e. The van der Waals surface area contributed by atoms with Crippen molar-refractivity contribution in [1.29, 1.82) is 0 Å². The minimum atomic E-state index is 0.391. The summed E-state index contributed by atoms with van der Waals surface area (Å²) >= 11 is 5.62. The zero-order chi connectivity index (χ0) is 14.4. The monoisotopic (exact) mass is 293 g/mol. The fraction of sp³-hybridized carbons (Fsp3) is 0.286. The molecule has 0 atom stereocenters. The molecule has 1 aromatic heterocycles. The lowest BCUT2D eigenvalue weighted by molar-refractivity contribution is 0.295. The second-order valence-corrected chi connectivity index (χ2v) is 4.48. The van der Waals surface area contributed by atoms with Gasteiger partial charge >= 0.3 is 0 Å². The minimum Gasteiger partial charge on any atom is -0.493 e. The van der Waals surface area contributed by atoms with Crippen molar-refractivity contribution in [2.45, 2.75) is 6.42 Å². The van der Waals surface area contributed by atoms with Gasteiger partial charge in [0.05, 0.1) is 19.4 Å². The Bertz CT molecular complexity index is 561. The van der Waals surface area contributed by atoms with Crippen molar-refractivity contribution >= 4 is 17.4 Å². The number of nitrogens with two attached hydrogens (primary N) is 1. The van der Waals surface area contributed by atoms with E-state index in [4.69, 9.17) is 26.8 Å². The molecule has 0 amide bonds. The van der Waals surface area contributed by atoms with Crippen LogP contribution in [0.2, 0.25) is 0 Å². The Morgan fingerprint density at radius 2 is 2.00 bits per heavy atom. The van der Waals surface area contributed by atoms with E-state index in [9.17, 15) is 0 Å². The highest BCUT2D eigenvalue weighted by Crippen LogP contribution is 2.31. The number of halogens is 1. The van der Waals surface area contributed by atoms with E-state index >= 15 is 0 Å². The molecular formula is C14H16ClN3O2. The van der Waals surface area contributed by atoms with E-state index in [1.807, 2.05) is 24.3 Å². The molecule has 1 aromatic carbocycles. The standard InChI is InChI=1S/C14H16ClN3O2/c1-19-13-9-10(11-4-6-14(16)18-17-11)3-5-12(13)20-8-2-7-15/h3-6,9H,2,7-8H2,1H3,(H2,16,18). The summed E-state index contributed by atoms with van der Waals surface area (Å²) in [6.07, 6.45) is 0.788. The summed E-state index contributed by atoms with van der Waals surface area (Å²) in [6, 6.07) is 9.13. The molecule has 106 valence electrons. The van der Waals surface area contributed by atoms with Gasteiger partial charge in [-0.2, -0.15) is 0 Å². The van der Waals surface area contributed by atoms with Crippen LogP contribution in [-0.4, -0.2) is 29.8 Å². The van der Waals surface area contributed by atoms with Crippen molar-refractivity contribution in [2.75, 3.05) is 25.3 Å². The van der Waals surface area contributed by atoms with Crippen molar-refractivity contribution in [3.05, 3.63) is 30.3 Å². The summed E-state index contributed by atoms with van der Waals surface area (Å²) in [7, 11) is 1.60. The highest BCUT2D eigenvalue weighted by molar-refractivity contribution is 6.17. The molecule has 0 unspecified atom stereocenters. The van der Waals surface area contributed by atoms with Gasteiger partial charge in [-0.1, -0.05) is 0 Å². The van der Waals surface area contributed by atoms with Crippen molar-refractivity contribution in [3.63, 3.8) is 0 Å². The molecule has 6 heteroatoms. The predicted octanol–water partition coefficient (Wildman–Crippen LogP) is 2.74. The summed E-state index contributed by atoms with van der Waals surface area (Å²) in [5.74, 6) is 2.30. The number of nitrogen functional groups attached to an aromatic ring is 1. The van der Waals surface area contributed by atoms with Gasteiger partial charge in [0.15, 0.2) is 11.5 Å². The van der Waals surface area contributed by atoms with Gasteiger partial charge in [-0.3, -0.25) is 0 Å². The molecule has 0 aliphatic carbocycles. The van der Waals surface area contributed by atoms with Crippen LogP contribution in [0.15, 0.2) is 30.3 Å². The van der Waals surface area contributed by atoms with Crippen molar-refractivity contribution in [3.8, 4) is 22.8 Å². The molecule has 0 fully saturated rings. The van der Waals surface area contributed by atoms with Gasteiger partial charge in [-0.25, -0.2) is 0 Å². The van der Waals surface area contributed by atoms with E-state index in [2.05, 4.69) is 10.2 Å². The maximum absolute atomic E-state index is 5.62.